The van der Waals surface area contributed by atoms with Crippen molar-refractivity contribution in [2.24, 2.45) is 0 Å². The fourth-order valence-corrected chi connectivity index (χ4v) is 2.23. The minimum Gasteiger partial charge on any atom is -0.376 e. The largest absolute Gasteiger partial charge is 0.376 e. The van der Waals surface area contributed by atoms with Gasteiger partial charge in [-0.2, -0.15) is 0 Å². The van der Waals surface area contributed by atoms with Crippen LogP contribution in [0.3, 0.4) is 0 Å². The van der Waals surface area contributed by atoms with Gasteiger partial charge in [0.05, 0.1) is 12.2 Å². The van der Waals surface area contributed by atoms with Gasteiger partial charge in [0.15, 0.2) is 0 Å². The highest BCUT2D eigenvalue weighted by atomic mass is 79.9. The molecule has 0 aliphatic heterocycles. The smallest absolute Gasteiger partial charge is 0.243 e. The van der Waals surface area contributed by atoms with Crippen molar-refractivity contribution in [2.75, 3.05) is 17.2 Å². The average Bonchev–Trinajstić information content (AvgIpc) is 2.42. The summed E-state index contributed by atoms with van der Waals surface area (Å²) in [4.78, 5) is 11.8. The van der Waals surface area contributed by atoms with Gasteiger partial charge in [-0.25, -0.2) is 0 Å². The predicted octanol–water partition coefficient (Wildman–Crippen LogP) is 4.26. The normalized spacial score (nSPS) is 10.0. The number of hydrogen-bond donors (Lipinski definition) is 2. The van der Waals surface area contributed by atoms with Crippen LogP contribution in [-0.4, -0.2) is 12.5 Å². The van der Waals surface area contributed by atoms with E-state index in [2.05, 4.69) is 42.5 Å². The number of rotatable bonds is 4. The van der Waals surface area contributed by atoms with Crippen LogP contribution >= 0.6 is 31.9 Å². The molecule has 0 saturated carbocycles. The van der Waals surface area contributed by atoms with Crippen molar-refractivity contribution in [3.8, 4) is 0 Å². The van der Waals surface area contributed by atoms with Gasteiger partial charge < -0.3 is 10.6 Å². The zero-order chi connectivity index (χ0) is 13.7. The molecule has 0 fully saturated rings. The molecule has 3 nitrogen and oxygen atoms in total. The number of anilines is 2. The Hall–Kier alpha value is -1.33. The van der Waals surface area contributed by atoms with E-state index in [4.69, 9.17) is 0 Å². The Balaban J connectivity index is 1.93. The van der Waals surface area contributed by atoms with Gasteiger partial charge in [-0.05, 0) is 46.3 Å². The molecule has 0 spiro atoms. The molecule has 0 aliphatic rings. The number of carbonyl (C=O) groups is 1. The lowest BCUT2D eigenvalue weighted by molar-refractivity contribution is -0.114. The third kappa shape index (κ3) is 4.36. The first kappa shape index (κ1) is 14.1. The van der Waals surface area contributed by atoms with Gasteiger partial charge in [-0.15, -0.1) is 0 Å². The summed E-state index contributed by atoms with van der Waals surface area (Å²) in [6.07, 6.45) is 0. The molecule has 5 heteroatoms. The summed E-state index contributed by atoms with van der Waals surface area (Å²) < 4.78 is 1.77. The van der Waals surface area contributed by atoms with Gasteiger partial charge in [0.2, 0.25) is 5.91 Å². The van der Waals surface area contributed by atoms with E-state index in [1.807, 2.05) is 48.5 Å². The van der Waals surface area contributed by atoms with Crippen LogP contribution in [0.2, 0.25) is 0 Å². The molecule has 0 aromatic heterocycles. The van der Waals surface area contributed by atoms with E-state index in [0.29, 0.717) is 0 Å². The van der Waals surface area contributed by atoms with E-state index in [-0.39, 0.29) is 12.5 Å². The summed E-state index contributed by atoms with van der Waals surface area (Å²) in [5.41, 5.74) is 1.67. The molecular weight excluding hydrogens is 372 g/mol. The molecular formula is C14H12Br2N2O. The van der Waals surface area contributed by atoms with Crippen molar-refractivity contribution in [1.82, 2.24) is 0 Å². The van der Waals surface area contributed by atoms with Gasteiger partial charge in [0.25, 0.3) is 0 Å². The van der Waals surface area contributed by atoms with Crippen molar-refractivity contribution in [1.29, 1.82) is 0 Å². The predicted molar refractivity (Wildman–Crippen MR) is 85.4 cm³/mol. The maximum Gasteiger partial charge on any atom is 0.243 e. The molecule has 0 heterocycles. The minimum atomic E-state index is -0.0948. The summed E-state index contributed by atoms with van der Waals surface area (Å²) in [6, 6.07) is 15.3. The Morgan fingerprint density at radius 1 is 1.05 bits per heavy atom. The molecule has 2 rings (SSSR count). The first-order valence-corrected chi connectivity index (χ1v) is 7.27. The second-order valence-corrected chi connectivity index (χ2v) is 5.66. The number of halogens is 2. The number of para-hydroxylation sites is 1. The average molecular weight is 384 g/mol. The Bertz CT molecular complexity index is 573. The molecule has 0 bridgehead atoms. The topological polar surface area (TPSA) is 41.1 Å². The molecule has 2 aromatic carbocycles. The van der Waals surface area contributed by atoms with Crippen molar-refractivity contribution >= 4 is 49.1 Å². The lowest BCUT2D eigenvalue weighted by atomic mass is 10.3. The van der Waals surface area contributed by atoms with E-state index >= 15 is 0 Å². The van der Waals surface area contributed by atoms with Crippen LogP contribution < -0.4 is 10.6 Å². The van der Waals surface area contributed by atoms with Crippen LogP contribution in [0.15, 0.2) is 57.5 Å². The van der Waals surface area contributed by atoms with Crippen molar-refractivity contribution < 1.29 is 4.79 Å². The third-order valence-electron chi connectivity index (χ3n) is 2.43. The SMILES string of the molecule is O=C(CNc1ccccc1)Nc1cc(Br)ccc1Br. The number of benzene rings is 2. The molecule has 19 heavy (non-hydrogen) atoms. The fourth-order valence-electron chi connectivity index (χ4n) is 1.53. The fraction of sp³-hybridized carbons (Fsp3) is 0.0714. The van der Waals surface area contributed by atoms with Gasteiger partial charge in [0, 0.05) is 14.6 Å². The van der Waals surface area contributed by atoms with Crippen LogP contribution in [0.1, 0.15) is 0 Å². The van der Waals surface area contributed by atoms with Crippen molar-refractivity contribution in [2.45, 2.75) is 0 Å². The van der Waals surface area contributed by atoms with Crippen LogP contribution in [0, 0.1) is 0 Å². The number of nitrogens with one attached hydrogen (secondary N) is 2. The Morgan fingerprint density at radius 3 is 2.53 bits per heavy atom. The third-order valence-corrected chi connectivity index (χ3v) is 3.61. The van der Waals surface area contributed by atoms with Crippen LogP contribution in [-0.2, 0) is 4.79 Å². The minimum absolute atomic E-state index is 0.0948. The zero-order valence-corrected chi connectivity index (χ0v) is 13.2. The van der Waals surface area contributed by atoms with E-state index in [1.54, 1.807) is 0 Å². The van der Waals surface area contributed by atoms with Crippen molar-refractivity contribution in [3.63, 3.8) is 0 Å². The number of hydrogen-bond acceptors (Lipinski definition) is 2. The molecule has 0 saturated heterocycles. The van der Waals surface area contributed by atoms with Crippen LogP contribution in [0.4, 0.5) is 11.4 Å². The Morgan fingerprint density at radius 2 is 1.79 bits per heavy atom. The molecule has 0 radical (unpaired) electrons. The van der Waals surface area contributed by atoms with Crippen molar-refractivity contribution in [3.05, 3.63) is 57.5 Å². The van der Waals surface area contributed by atoms with E-state index < -0.39 is 0 Å². The summed E-state index contributed by atoms with van der Waals surface area (Å²) >= 11 is 6.77. The summed E-state index contributed by atoms with van der Waals surface area (Å²) in [7, 11) is 0. The van der Waals surface area contributed by atoms with Gasteiger partial charge in [0.1, 0.15) is 0 Å². The lowest BCUT2D eigenvalue weighted by Crippen LogP contribution is -2.21. The first-order valence-electron chi connectivity index (χ1n) is 5.69. The molecule has 0 aliphatic carbocycles. The number of amides is 1. The summed E-state index contributed by atoms with van der Waals surface area (Å²) in [5.74, 6) is -0.0948. The zero-order valence-electron chi connectivity index (χ0n) is 9.99. The molecule has 98 valence electrons. The molecule has 0 atom stereocenters. The van der Waals surface area contributed by atoms with Gasteiger partial charge in [-0.1, -0.05) is 34.1 Å². The maximum atomic E-state index is 11.8. The maximum absolute atomic E-state index is 11.8. The molecule has 0 unspecified atom stereocenters. The van der Waals surface area contributed by atoms with Gasteiger partial charge >= 0.3 is 0 Å². The van der Waals surface area contributed by atoms with Gasteiger partial charge in [-0.3, -0.25) is 4.79 Å². The molecule has 1 amide bonds. The molecule has 2 aromatic rings. The number of carbonyl (C=O) groups excluding carboxylic acids is 1. The standard InChI is InChI=1S/C14H12Br2N2O/c15-10-6-7-12(16)13(8-10)18-14(19)9-17-11-4-2-1-3-5-11/h1-8,17H,9H2,(H,18,19). The lowest BCUT2D eigenvalue weighted by Gasteiger charge is -2.09. The second kappa shape index (κ2) is 6.73. The summed E-state index contributed by atoms with van der Waals surface area (Å²) in [6.45, 7) is 0.225. The molecule has 2 N–H and O–H groups in total. The quantitative estimate of drug-likeness (QED) is 0.827. The summed E-state index contributed by atoms with van der Waals surface area (Å²) in [5, 5.41) is 5.90. The highest BCUT2D eigenvalue weighted by Gasteiger charge is 2.05. The van der Waals surface area contributed by atoms with E-state index in [1.165, 1.54) is 0 Å². The van der Waals surface area contributed by atoms with E-state index in [9.17, 15) is 4.79 Å². The van der Waals surface area contributed by atoms with Crippen LogP contribution in [0.5, 0.6) is 0 Å². The Labute approximate surface area is 128 Å². The highest BCUT2D eigenvalue weighted by Crippen LogP contribution is 2.26. The second-order valence-electron chi connectivity index (χ2n) is 3.89. The first-order chi connectivity index (χ1) is 9.15. The monoisotopic (exact) mass is 382 g/mol. The van der Waals surface area contributed by atoms with Crippen LogP contribution in [0.25, 0.3) is 0 Å². The van der Waals surface area contributed by atoms with E-state index in [0.717, 1.165) is 20.3 Å². The Kier molecular flexibility index (Phi) is 4.99. The highest BCUT2D eigenvalue weighted by molar-refractivity contribution is 9.11.